The fourth-order valence-electron chi connectivity index (χ4n) is 2.94. The van der Waals surface area contributed by atoms with Gasteiger partial charge in [-0.05, 0) is 11.1 Å². The molecule has 2 rings (SSSR count). The first kappa shape index (κ1) is 14.8. The second-order valence-corrected chi connectivity index (χ2v) is 6.56. The van der Waals surface area contributed by atoms with Crippen LogP contribution in [-0.2, 0) is 15.9 Å². The minimum absolute atomic E-state index is 0.416. The van der Waals surface area contributed by atoms with Crippen molar-refractivity contribution in [3.8, 4) is 0 Å². The van der Waals surface area contributed by atoms with Gasteiger partial charge in [-0.1, -0.05) is 88.4 Å². The van der Waals surface area contributed by atoms with Crippen LogP contribution >= 0.6 is 0 Å². The largest absolute Gasteiger partial charge is 0.231 e. The van der Waals surface area contributed by atoms with Crippen molar-refractivity contribution in [1.29, 1.82) is 0 Å². The summed E-state index contributed by atoms with van der Waals surface area (Å²) in [6, 6.07) is 20.2. The highest BCUT2D eigenvalue weighted by Crippen LogP contribution is 2.39. The van der Waals surface area contributed by atoms with Crippen LogP contribution in [0.2, 0.25) is 0 Å². The summed E-state index contributed by atoms with van der Waals surface area (Å²) in [5.41, 5.74) is 1.37. The van der Waals surface area contributed by atoms with Crippen LogP contribution < -0.4 is 0 Å². The smallest absolute Gasteiger partial charge is 0.111 e. The van der Waals surface area contributed by atoms with Gasteiger partial charge in [0.1, 0.15) is 6.10 Å². The number of rotatable bonds is 4. The Hall–Kier alpha value is -1.60. The summed E-state index contributed by atoms with van der Waals surface area (Å²) in [4.78, 5) is 0. The van der Waals surface area contributed by atoms with Gasteiger partial charge < -0.3 is 0 Å². The topological polar surface area (TPSA) is 19.9 Å². The standard InChI is InChI=1S/C19H23O/c1-18(2,15-11-7-5-8-12-15)17(20)19(3,4)16-13-9-6-10-14-16/h5-14,17H,1-4H3. The zero-order chi connectivity index (χ0) is 14.8. The third kappa shape index (κ3) is 2.64. The van der Waals surface area contributed by atoms with Crippen LogP contribution in [-0.4, -0.2) is 6.10 Å². The molecule has 1 heteroatoms. The maximum absolute atomic E-state index is 13.2. The molecule has 2 aromatic rings. The lowest BCUT2D eigenvalue weighted by atomic mass is 9.66. The van der Waals surface area contributed by atoms with Crippen molar-refractivity contribution in [2.24, 2.45) is 0 Å². The van der Waals surface area contributed by atoms with E-state index in [1.807, 2.05) is 88.4 Å². The van der Waals surface area contributed by atoms with E-state index in [1.165, 1.54) is 0 Å². The van der Waals surface area contributed by atoms with Crippen LogP contribution in [0.15, 0.2) is 60.7 Å². The van der Waals surface area contributed by atoms with E-state index in [9.17, 15) is 5.11 Å². The van der Waals surface area contributed by atoms with Gasteiger partial charge in [0.2, 0.25) is 0 Å². The van der Waals surface area contributed by atoms with E-state index in [2.05, 4.69) is 0 Å². The van der Waals surface area contributed by atoms with Gasteiger partial charge in [-0.15, -0.1) is 0 Å². The molecular formula is C19H23O. The second kappa shape index (κ2) is 5.41. The van der Waals surface area contributed by atoms with E-state index in [0.717, 1.165) is 11.1 Å². The average Bonchev–Trinajstić information content (AvgIpc) is 2.48. The lowest BCUT2D eigenvalue weighted by Crippen LogP contribution is -2.46. The zero-order valence-corrected chi connectivity index (χ0v) is 12.8. The molecule has 1 radical (unpaired) electrons. The lowest BCUT2D eigenvalue weighted by molar-refractivity contribution is -0.0226. The first-order chi connectivity index (χ1) is 9.37. The summed E-state index contributed by atoms with van der Waals surface area (Å²) < 4.78 is 0. The molecule has 105 valence electrons. The van der Waals surface area contributed by atoms with Gasteiger partial charge in [-0.3, -0.25) is 0 Å². The van der Waals surface area contributed by atoms with Crippen LogP contribution in [0.25, 0.3) is 0 Å². The molecule has 0 aliphatic carbocycles. The highest BCUT2D eigenvalue weighted by Gasteiger charge is 2.42. The number of hydrogen-bond acceptors (Lipinski definition) is 0. The summed E-state index contributed by atoms with van der Waals surface area (Å²) in [7, 11) is 0. The summed E-state index contributed by atoms with van der Waals surface area (Å²) in [5.74, 6) is 0. The van der Waals surface area contributed by atoms with Crippen molar-refractivity contribution < 1.29 is 5.11 Å². The predicted molar refractivity (Wildman–Crippen MR) is 83.4 cm³/mol. The van der Waals surface area contributed by atoms with Crippen molar-refractivity contribution in [2.75, 3.05) is 0 Å². The van der Waals surface area contributed by atoms with Gasteiger partial charge in [0, 0.05) is 10.8 Å². The Morgan fingerprint density at radius 1 is 0.650 bits per heavy atom. The Morgan fingerprint density at radius 3 is 1.25 bits per heavy atom. The van der Waals surface area contributed by atoms with Gasteiger partial charge in [0.25, 0.3) is 0 Å². The summed E-state index contributed by atoms with van der Waals surface area (Å²) >= 11 is 0. The Labute approximate surface area is 122 Å². The molecule has 0 fully saturated rings. The third-order valence-corrected chi connectivity index (χ3v) is 4.35. The van der Waals surface area contributed by atoms with E-state index in [4.69, 9.17) is 0 Å². The maximum atomic E-state index is 13.2. The van der Waals surface area contributed by atoms with E-state index in [0.29, 0.717) is 0 Å². The van der Waals surface area contributed by atoms with Gasteiger partial charge in [-0.25, -0.2) is 5.11 Å². The third-order valence-electron chi connectivity index (χ3n) is 4.35. The van der Waals surface area contributed by atoms with Crippen LogP contribution in [0, 0.1) is 0 Å². The number of benzene rings is 2. The molecular weight excluding hydrogens is 244 g/mol. The molecule has 0 bridgehead atoms. The lowest BCUT2D eigenvalue weighted by Gasteiger charge is -2.40. The molecule has 0 aromatic heterocycles. The normalized spacial score (nSPS) is 12.7. The molecule has 0 atom stereocenters. The van der Waals surface area contributed by atoms with Crippen LogP contribution in [0.4, 0.5) is 0 Å². The van der Waals surface area contributed by atoms with Gasteiger partial charge >= 0.3 is 0 Å². The molecule has 0 aliphatic rings. The van der Waals surface area contributed by atoms with Crippen molar-refractivity contribution in [3.05, 3.63) is 71.8 Å². The monoisotopic (exact) mass is 267 g/mol. The molecule has 0 amide bonds. The number of hydrogen-bond donors (Lipinski definition) is 0. The first-order valence-electron chi connectivity index (χ1n) is 7.13. The Bertz CT molecular complexity index is 489. The van der Waals surface area contributed by atoms with E-state index >= 15 is 0 Å². The molecule has 0 saturated heterocycles. The van der Waals surface area contributed by atoms with Crippen molar-refractivity contribution >= 4 is 0 Å². The van der Waals surface area contributed by atoms with Crippen molar-refractivity contribution in [3.63, 3.8) is 0 Å². The minimum atomic E-state index is -0.722. The molecule has 1 nitrogen and oxygen atoms in total. The second-order valence-electron chi connectivity index (χ2n) is 6.56. The molecule has 0 unspecified atom stereocenters. The SMILES string of the molecule is CC(C)(c1ccccc1)C([O])C(C)(C)c1ccccc1. The Kier molecular flexibility index (Phi) is 4.01. The minimum Gasteiger partial charge on any atom is -0.231 e. The van der Waals surface area contributed by atoms with Crippen LogP contribution in [0.3, 0.4) is 0 Å². The van der Waals surface area contributed by atoms with Crippen molar-refractivity contribution in [2.45, 2.75) is 44.6 Å². The fraction of sp³-hybridized carbons (Fsp3) is 0.368. The first-order valence-corrected chi connectivity index (χ1v) is 7.13. The van der Waals surface area contributed by atoms with Crippen LogP contribution in [0.5, 0.6) is 0 Å². The molecule has 0 aliphatic heterocycles. The van der Waals surface area contributed by atoms with Gasteiger partial charge in [0.15, 0.2) is 0 Å². The van der Waals surface area contributed by atoms with E-state index in [1.54, 1.807) is 0 Å². The maximum Gasteiger partial charge on any atom is 0.111 e. The van der Waals surface area contributed by atoms with Gasteiger partial charge in [0.05, 0.1) is 0 Å². The molecule has 2 aromatic carbocycles. The summed E-state index contributed by atoms with van der Waals surface area (Å²) in [6.07, 6.45) is -0.722. The molecule has 20 heavy (non-hydrogen) atoms. The predicted octanol–water partition coefficient (Wildman–Crippen LogP) is 4.74. The van der Waals surface area contributed by atoms with Gasteiger partial charge in [-0.2, -0.15) is 0 Å². The summed E-state index contributed by atoms with van der Waals surface area (Å²) in [6.45, 7) is 8.19. The van der Waals surface area contributed by atoms with E-state index < -0.39 is 16.9 Å². The summed E-state index contributed by atoms with van der Waals surface area (Å²) in [5, 5.41) is 13.2. The quantitative estimate of drug-likeness (QED) is 0.762. The molecule has 0 spiro atoms. The van der Waals surface area contributed by atoms with Crippen molar-refractivity contribution in [1.82, 2.24) is 0 Å². The molecule has 0 heterocycles. The molecule has 0 N–H and O–H groups in total. The Morgan fingerprint density at radius 2 is 0.950 bits per heavy atom. The highest BCUT2D eigenvalue weighted by molar-refractivity contribution is 5.32. The van der Waals surface area contributed by atoms with E-state index in [-0.39, 0.29) is 0 Å². The zero-order valence-electron chi connectivity index (χ0n) is 12.8. The highest BCUT2D eigenvalue weighted by atomic mass is 16.3. The van der Waals surface area contributed by atoms with Crippen LogP contribution in [0.1, 0.15) is 38.8 Å². The average molecular weight is 267 g/mol. The molecule has 0 saturated carbocycles. The fourth-order valence-corrected chi connectivity index (χ4v) is 2.94. The Balaban J connectivity index is 2.37.